The fraction of sp³-hybridized carbons (Fsp3) is 0.519. The van der Waals surface area contributed by atoms with Crippen LogP contribution < -0.4 is 26.6 Å². The minimum absolute atomic E-state index is 0.0507. The highest BCUT2D eigenvalue weighted by molar-refractivity contribution is 7.14. The standard InChI is InChI=1S/C54H72N12O13S/c1-32(66(49(73)78-53(11,12)13)44(61-47(71)76-51(5,6)7)55-27-20-28-56-46(70)75-50(2,3)4)35-29-57-65(63-35)30-36-38(41(67)58-36)60-42(68)39(37-31-80-45(59-37)62-48(72)77-52(8,9)10)64-79-54(25-26-54)43(69)74-40(33-21-16-14-17-22-33)34-23-18-15-19-24-34/h14-19,21-24,29,31-32,36,38,40H,20,25-28,30H2,1-13H3,(H,56,70)(H,58,67)(H,60,68)(H,55,61,71)(H,59,62,72)/b64-39-/t32?,36-,38+/m1/s1. The van der Waals surface area contributed by atoms with Crippen LogP contribution in [0.2, 0.25) is 0 Å². The van der Waals surface area contributed by atoms with Crippen molar-refractivity contribution in [2.75, 3.05) is 18.4 Å². The summed E-state index contributed by atoms with van der Waals surface area (Å²) < 4.78 is 28.1. The van der Waals surface area contributed by atoms with Crippen LogP contribution in [0.5, 0.6) is 0 Å². The van der Waals surface area contributed by atoms with Gasteiger partial charge in [-0.2, -0.15) is 15.0 Å². The molecule has 4 aromatic rings. The van der Waals surface area contributed by atoms with E-state index < -0.39 is 100 Å². The number of aliphatic imine (C=N–C) groups is 1. The quantitative estimate of drug-likeness (QED) is 0.0123. The molecule has 2 fully saturated rings. The highest BCUT2D eigenvalue weighted by Crippen LogP contribution is 2.43. The number of guanidine groups is 1. The average molecular weight is 1130 g/mol. The van der Waals surface area contributed by atoms with Gasteiger partial charge in [0, 0.05) is 31.3 Å². The van der Waals surface area contributed by atoms with Crippen LogP contribution in [0.3, 0.4) is 0 Å². The summed E-state index contributed by atoms with van der Waals surface area (Å²) >= 11 is 0.960. The van der Waals surface area contributed by atoms with Gasteiger partial charge < -0.3 is 49.8 Å². The summed E-state index contributed by atoms with van der Waals surface area (Å²) in [6, 6.07) is 15.4. The van der Waals surface area contributed by atoms with Crippen LogP contribution >= 0.6 is 11.3 Å². The maximum Gasteiger partial charge on any atom is 0.437 e. The summed E-state index contributed by atoms with van der Waals surface area (Å²) in [6.45, 7) is 22.1. The molecule has 3 atom stereocenters. The molecule has 2 aromatic carbocycles. The molecule has 3 heterocycles. The lowest BCUT2D eigenvalue weighted by Gasteiger charge is -2.36. The van der Waals surface area contributed by atoms with Crippen LogP contribution in [0.15, 0.2) is 82.4 Å². The van der Waals surface area contributed by atoms with Gasteiger partial charge in [0.05, 0.1) is 24.8 Å². The van der Waals surface area contributed by atoms with Crippen molar-refractivity contribution in [2.24, 2.45) is 10.1 Å². The number of thiazole rings is 1. The van der Waals surface area contributed by atoms with Gasteiger partial charge in [-0.25, -0.2) is 33.9 Å². The number of benzene rings is 2. The average Bonchev–Trinajstić information content (AvgIpc) is 3.94. The van der Waals surface area contributed by atoms with Crippen molar-refractivity contribution >= 4 is 70.3 Å². The van der Waals surface area contributed by atoms with E-state index in [2.05, 4.69) is 51.9 Å². The van der Waals surface area contributed by atoms with Gasteiger partial charge in [0.2, 0.25) is 17.5 Å². The highest BCUT2D eigenvalue weighted by Gasteiger charge is 2.57. The van der Waals surface area contributed by atoms with Gasteiger partial charge in [-0.1, -0.05) is 65.8 Å². The number of hydrogen-bond acceptors (Lipinski definition) is 18. The molecule has 1 saturated carbocycles. The summed E-state index contributed by atoms with van der Waals surface area (Å²) in [7, 11) is 0. The number of amides is 6. The van der Waals surface area contributed by atoms with E-state index >= 15 is 0 Å². The van der Waals surface area contributed by atoms with Crippen molar-refractivity contribution in [1.82, 2.24) is 46.1 Å². The topological polar surface area (TPSA) is 307 Å². The summed E-state index contributed by atoms with van der Waals surface area (Å²) in [5.41, 5.74) is -3.89. The fourth-order valence-corrected chi connectivity index (χ4v) is 8.04. The van der Waals surface area contributed by atoms with Crippen molar-refractivity contribution in [2.45, 2.75) is 168 Å². The Morgan fingerprint density at radius 3 is 1.94 bits per heavy atom. The molecule has 25 nitrogen and oxygen atoms in total. The number of nitrogens with one attached hydrogen (secondary N) is 5. The van der Waals surface area contributed by atoms with E-state index in [0.29, 0.717) is 6.42 Å². The first-order valence-corrected chi connectivity index (χ1v) is 26.8. The van der Waals surface area contributed by atoms with E-state index in [1.165, 1.54) is 16.4 Å². The number of carbonyl (C=O) groups is 7. The predicted octanol–water partition coefficient (Wildman–Crippen LogP) is 7.44. The zero-order chi connectivity index (χ0) is 58.8. The second kappa shape index (κ2) is 25.3. The number of esters is 1. The molecule has 80 heavy (non-hydrogen) atoms. The molecule has 1 aliphatic carbocycles. The van der Waals surface area contributed by atoms with E-state index in [4.69, 9.17) is 28.5 Å². The molecule has 2 aromatic heterocycles. The molecule has 5 N–H and O–H groups in total. The van der Waals surface area contributed by atoms with Crippen molar-refractivity contribution in [1.29, 1.82) is 0 Å². The Morgan fingerprint density at radius 2 is 1.38 bits per heavy atom. The van der Waals surface area contributed by atoms with Gasteiger partial charge in [0.15, 0.2) is 16.9 Å². The van der Waals surface area contributed by atoms with Crippen LogP contribution in [0.1, 0.15) is 144 Å². The minimum Gasteiger partial charge on any atom is -0.450 e. The monoisotopic (exact) mass is 1130 g/mol. The van der Waals surface area contributed by atoms with Crippen molar-refractivity contribution in [3.05, 3.63) is 94.8 Å². The number of anilines is 1. The third kappa shape index (κ3) is 18.2. The van der Waals surface area contributed by atoms with Gasteiger partial charge in [-0.05, 0) is 108 Å². The Bertz CT molecular complexity index is 2880. The SMILES string of the molecule is CC(c1cnn(C[C@H]2NC(=O)[C@H]2NC(=O)/C(=N\OC2(C(=O)OC(c3ccccc3)c3ccccc3)CC2)c2csc(NC(=O)OC(C)(C)C)n2)n1)N(C(=O)OC(C)(C)C)/C(=N/C(=O)OC(C)(C)C)NCCCNC(=O)OC(C)(C)C. The zero-order valence-electron chi connectivity index (χ0n) is 47.3. The number of hydrogen-bond donors (Lipinski definition) is 5. The minimum atomic E-state index is -1.56. The number of oxime groups is 1. The molecule has 2 aliphatic rings. The Morgan fingerprint density at radius 1 is 0.800 bits per heavy atom. The smallest absolute Gasteiger partial charge is 0.437 e. The van der Waals surface area contributed by atoms with Crippen LogP contribution in [-0.2, 0) is 49.5 Å². The summed E-state index contributed by atoms with van der Waals surface area (Å²) in [5, 5.41) is 28.4. The Kier molecular flexibility index (Phi) is 19.3. The number of ether oxygens (including phenoxy) is 5. The van der Waals surface area contributed by atoms with Crippen LogP contribution in [0, 0.1) is 0 Å². The van der Waals surface area contributed by atoms with E-state index in [1.54, 1.807) is 90.0 Å². The molecular formula is C54H72N12O13S. The first kappa shape index (κ1) is 61.1. The second-order valence-corrected chi connectivity index (χ2v) is 23.7. The normalized spacial score (nSPS) is 16.6. The van der Waals surface area contributed by atoms with Crippen molar-refractivity contribution in [3.63, 3.8) is 0 Å². The number of alkyl carbamates (subject to hydrolysis) is 1. The number of aromatic nitrogens is 4. The molecule has 432 valence electrons. The van der Waals surface area contributed by atoms with Crippen LogP contribution in [0.4, 0.5) is 24.3 Å². The molecule has 1 aliphatic heterocycles. The van der Waals surface area contributed by atoms with Crippen LogP contribution in [0.25, 0.3) is 0 Å². The van der Waals surface area contributed by atoms with Gasteiger partial charge >= 0.3 is 30.3 Å². The molecule has 0 radical (unpaired) electrons. The largest absolute Gasteiger partial charge is 0.450 e. The predicted molar refractivity (Wildman–Crippen MR) is 293 cm³/mol. The van der Waals surface area contributed by atoms with E-state index in [0.717, 1.165) is 27.4 Å². The van der Waals surface area contributed by atoms with Gasteiger partial charge in [0.25, 0.3) is 5.91 Å². The third-order valence-electron chi connectivity index (χ3n) is 11.1. The van der Waals surface area contributed by atoms with Gasteiger partial charge in [0.1, 0.15) is 39.8 Å². The molecule has 1 saturated heterocycles. The maximum atomic E-state index is 14.4. The number of nitrogens with zero attached hydrogens (tertiary/aromatic N) is 7. The first-order chi connectivity index (χ1) is 37.4. The lowest BCUT2D eigenvalue weighted by Crippen LogP contribution is -2.70. The third-order valence-corrected chi connectivity index (χ3v) is 11.9. The number of rotatable bonds is 18. The molecule has 6 amide bonds. The fourth-order valence-electron chi connectivity index (χ4n) is 7.36. The number of β-lactam (4-membered cyclic amide) rings is 1. The summed E-state index contributed by atoms with van der Waals surface area (Å²) in [4.78, 5) is 111. The zero-order valence-corrected chi connectivity index (χ0v) is 48.1. The van der Waals surface area contributed by atoms with E-state index in [1.807, 2.05) is 60.7 Å². The second-order valence-electron chi connectivity index (χ2n) is 22.8. The Balaban J connectivity index is 1.22. The highest BCUT2D eigenvalue weighted by atomic mass is 32.1. The molecule has 0 bridgehead atoms. The lowest BCUT2D eigenvalue weighted by molar-refractivity contribution is -0.164. The van der Waals surface area contributed by atoms with Gasteiger partial charge in [-0.15, -0.1) is 16.3 Å². The van der Waals surface area contributed by atoms with Crippen molar-refractivity contribution < 1.29 is 62.1 Å². The molecule has 26 heteroatoms. The van der Waals surface area contributed by atoms with E-state index in [9.17, 15) is 33.6 Å². The number of carbonyl (C=O) groups excluding carboxylic acids is 7. The molecule has 0 spiro atoms. The maximum absolute atomic E-state index is 14.4. The Hall–Kier alpha value is -8.16. The van der Waals surface area contributed by atoms with Gasteiger partial charge in [-0.3, -0.25) is 14.9 Å². The summed E-state index contributed by atoms with van der Waals surface area (Å²) in [6.07, 6.45) is -2.01. The van der Waals surface area contributed by atoms with Crippen molar-refractivity contribution in [3.8, 4) is 0 Å². The first-order valence-electron chi connectivity index (χ1n) is 26.0. The molecular weight excluding hydrogens is 1060 g/mol. The molecule has 1 unspecified atom stereocenters. The van der Waals surface area contributed by atoms with Crippen LogP contribution in [-0.4, -0.2) is 132 Å². The van der Waals surface area contributed by atoms with E-state index in [-0.39, 0.29) is 55.0 Å². The lowest BCUT2D eigenvalue weighted by atomic mass is 9.98. The molecule has 6 rings (SSSR count). The Labute approximate surface area is 468 Å². The summed E-state index contributed by atoms with van der Waals surface area (Å²) in [5.74, 6) is -2.44.